The summed E-state index contributed by atoms with van der Waals surface area (Å²) < 4.78 is 0. The zero-order chi connectivity index (χ0) is 14.2. The van der Waals surface area contributed by atoms with E-state index in [0.717, 1.165) is 16.9 Å². The van der Waals surface area contributed by atoms with Crippen molar-refractivity contribution in [1.82, 2.24) is 4.98 Å². The van der Waals surface area contributed by atoms with Gasteiger partial charge >= 0.3 is 0 Å². The van der Waals surface area contributed by atoms with E-state index in [-0.39, 0.29) is 0 Å². The Bertz CT molecular complexity index is 643. The van der Waals surface area contributed by atoms with Crippen LogP contribution < -0.4 is 16.0 Å². The van der Waals surface area contributed by atoms with Crippen LogP contribution in [0.3, 0.4) is 0 Å². The highest BCUT2D eigenvalue weighted by Crippen LogP contribution is 2.44. The minimum atomic E-state index is -1.08. The summed E-state index contributed by atoms with van der Waals surface area (Å²) in [6.07, 6.45) is 3.35. The molecule has 0 saturated heterocycles. The fraction of sp³-hybridized carbons (Fsp3) is 0.200. The molecule has 0 bridgehead atoms. The van der Waals surface area contributed by atoms with Crippen molar-refractivity contribution in [2.45, 2.75) is 12.6 Å². The van der Waals surface area contributed by atoms with E-state index in [0.29, 0.717) is 6.54 Å². The molecule has 0 radical (unpaired) electrons. The van der Waals surface area contributed by atoms with Gasteiger partial charge in [0.1, 0.15) is 0 Å². The molecular weight excluding hydrogens is 252 g/mol. The van der Waals surface area contributed by atoms with Crippen LogP contribution in [0.25, 0.3) is 0 Å². The molecule has 0 aliphatic carbocycles. The maximum Gasteiger partial charge on any atom is 0.269 e. The smallest absolute Gasteiger partial charge is 0.269 e. The summed E-state index contributed by atoms with van der Waals surface area (Å²) in [5.74, 6) is -0.441. The van der Waals surface area contributed by atoms with E-state index in [2.05, 4.69) is 10.3 Å². The van der Waals surface area contributed by atoms with Crippen LogP contribution in [-0.4, -0.2) is 17.4 Å². The highest BCUT2D eigenvalue weighted by molar-refractivity contribution is 5.98. The third-order valence-electron chi connectivity index (χ3n) is 3.67. The van der Waals surface area contributed by atoms with E-state index in [4.69, 9.17) is 5.73 Å². The Hall–Kier alpha value is -2.56. The number of carbonyl (C=O) groups excluding carboxylic acids is 1. The van der Waals surface area contributed by atoms with Gasteiger partial charge in [0.05, 0.1) is 11.4 Å². The average Bonchev–Trinajstić information content (AvgIpc) is 2.83. The molecule has 1 aromatic carbocycles. The monoisotopic (exact) mass is 268 g/mol. The number of anilines is 2. The summed E-state index contributed by atoms with van der Waals surface area (Å²) in [5.41, 5.74) is 7.27. The molecule has 1 amide bonds. The first-order chi connectivity index (χ1) is 9.70. The quantitative estimate of drug-likeness (QED) is 0.888. The van der Waals surface area contributed by atoms with Crippen LogP contribution in [0.15, 0.2) is 48.8 Å². The van der Waals surface area contributed by atoms with E-state index in [1.165, 1.54) is 0 Å². The first-order valence-corrected chi connectivity index (χ1v) is 6.55. The number of nitrogens with two attached hydrogens (primary N) is 1. The van der Waals surface area contributed by atoms with Crippen LogP contribution >= 0.6 is 0 Å². The molecule has 3 N–H and O–H groups in total. The maximum absolute atomic E-state index is 12.3. The number of carbonyl (C=O) groups is 1. The zero-order valence-corrected chi connectivity index (χ0v) is 11.2. The lowest BCUT2D eigenvalue weighted by molar-refractivity contribution is -0.122. The Labute approximate surface area is 117 Å². The van der Waals surface area contributed by atoms with E-state index in [1.807, 2.05) is 42.2 Å². The van der Waals surface area contributed by atoms with Gasteiger partial charge < -0.3 is 16.0 Å². The standard InChI is InChI=1S/C15H16N4O/c1-2-19-13-8-4-3-7-12(13)18-15(19,14(16)20)11-6-5-9-17-10-11/h3-10,18H,2H2,1H3,(H2,16,20). The van der Waals surface area contributed by atoms with Gasteiger partial charge in [0.2, 0.25) is 5.66 Å². The Morgan fingerprint density at radius 2 is 2.15 bits per heavy atom. The zero-order valence-electron chi connectivity index (χ0n) is 11.2. The molecule has 2 heterocycles. The number of benzene rings is 1. The van der Waals surface area contributed by atoms with Gasteiger partial charge in [0, 0.05) is 24.5 Å². The highest BCUT2D eigenvalue weighted by atomic mass is 16.2. The van der Waals surface area contributed by atoms with Crippen LogP contribution in [-0.2, 0) is 10.5 Å². The van der Waals surface area contributed by atoms with E-state index < -0.39 is 11.6 Å². The van der Waals surface area contributed by atoms with Crippen LogP contribution in [0.2, 0.25) is 0 Å². The van der Waals surface area contributed by atoms with Gasteiger partial charge in [-0.25, -0.2) is 0 Å². The van der Waals surface area contributed by atoms with Crippen LogP contribution in [0.5, 0.6) is 0 Å². The van der Waals surface area contributed by atoms with Gasteiger partial charge in [-0.2, -0.15) is 0 Å². The molecule has 1 atom stereocenters. The van der Waals surface area contributed by atoms with Crippen molar-refractivity contribution in [3.63, 3.8) is 0 Å². The molecule has 5 heteroatoms. The molecule has 5 nitrogen and oxygen atoms in total. The second-order valence-electron chi connectivity index (χ2n) is 4.70. The molecule has 1 aromatic heterocycles. The summed E-state index contributed by atoms with van der Waals surface area (Å²) >= 11 is 0. The first kappa shape index (κ1) is 12.5. The van der Waals surface area contributed by atoms with Crippen LogP contribution in [0.1, 0.15) is 12.5 Å². The topological polar surface area (TPSA) is 71.2 Å². The molecule has 0 spiro atoms. The van der Waals surface area contributed by atoms with E-state index in [1.54, 1.807) is 18.5 Å². The number of para-hydroxylation sites is 2. The lowest BCUT2D eigenvalue weighted by atomic mass is 9.99. The number of hydrogen-bond donors (Lipinski definition) is 2. The van der Waals surface area contributed by atoms with Crippen LogP contribution in [0.4, 0.5) is 11.4 Å². The second-order valence-corrected chi connectivity index (χ2v) is 4.70. The Morgan fingerprint density at radius 3 is 2.80 bits per heavy atom. The normalized spacial score (nSPS) is 20.4. The fourth-order valence-electron chi connectivity index (χ4n) is 2.81. The molecule has 1 aliphatic rings. The summed E-state index contributed by atoms with van der Waals surface area (Å²) in [5, 5.41) is 3.28. The second kappa shape index (κ2) is 4.52. The number of primary amides is 1. The number of likely N-dealkylation sites (N-methyl/N-ethyl adjacent to an activating group) is 1. The molecule has 20 heavy (non-hydrogen) atoms. The first-order valence-electron chi connectivity index (χ1n) is 6.55. The minimum absolute atomic E-state index is 0.441. The summed E-state index contributed by atoms with van der Waals surface area (Å²) in [7, 11) is 0. The number of nitrogens with one attached hydrogen (secondary N) is 1. The largest absolute Gasteiger partial charge is 0.366 e. The summed E-state index contributed by atoms with van der Waals surface area (Å²) in [6.45, 7) is 2.65. The highest BCUT2D eigenvalue weighted by Gasteiger charge is 2.49. The van der Waals surface area contributed by atoms with Gasteiger partial charge in [-0.05, 0) is 25.1 Å². The summed E-state index contributed by atoms with van der Waals surface area (Å²) in [4.78, 5) is 18.3. The van der Waals surface area contributed by atoms with Gasteiger partial charge in [-0.1, -0.05) is 18.2 Å². The number of fused-ring (bicyclic) bond motifs is 1. The predicted molar refractivity (Wildman–Crippen MR) is 78.2 cm³/mol. The number of nitrogens with zero attached hydrogens (tertiary/aromatic N) is 2. The Kier molecular flexibility index (Phi) is 2.82. The molecular formula is C15H16N4O. The number of pyridine rings is 1. The SMILES string of the molecule is CCN1c2ccccc2NC1(C(N)=O)c1cccnc1. The molecule has 1 aliphatic heterocycles. The molecule has 1 unspecified atom stereocenters. The lowest BCUT2D eigenvalue weighted by Gasteiger charge is -2.36. The molecule has 3 rings (SSSR count). The van der Waals surface area contributed by atoms with Gasteiger partial charge in [0.25, 0.3) is 5.91 Å². The summed E-state index contributed by atoms with van der Waals surface area (Å²) in [6, 6.07) is 11.5. The molecule has 0 saturated carbocycles. The van der Waals surface area contributed by atoms with Crippen molar-refractivity contribution in [3.8, 4) is 0 Å². The number of rotatable bonds is 3. The number of hydrogen-bond acceptors (Lipinski definition) is 4. The molecule has 2 aromatic rings. The third-order valence-corrected chi connectivity index (χ3v) is 3.67. The maximum atomic E-state index is 12.3. The van der Waals surface area contributed by atoms with Crippen molar-refractivity contribution < 1.29 is 4.79 Å². The predicted octanol–water partition coefficient (Wildman–Crippen LogP) is 1.67. The van der Waals surface area contributed by atoms with Crippen molar-refractivity contribution in [3.05, 3.63) is 54.4 Å². The minimum Gasteiger partial charge on any atom is -0.366 e. The van der Waals surface area contributed by atoms with Gasteiger partial charge in [-0.3, -0.25) is 9.78 Å². The van der Waals surface area contributed by atoms with Crippen molar-refractivity contribution in [2.75, 3.05) is 16.8 Å². The number of amides is 1. The van der Waals surface area contributed by atoms with Crippen molar-refractivity contribution in [2.24, 2.45) is 5.73 Å². The molecule has 0 fully saturated rings. The number of aromatic nitrogens is 1. The fourth-order valence-corrected chi connectivity index (χ4v) is 2.81. The van der Waals surface area contributed by atoms with Crippen molar-refractivity contribution >= 4 is 17.3 Å². The lowest BCUT2D eigenvalue weighted by Crippen LogP contribution is -2.57. The Balaban J connectivity index is 2.21. The van der Waals surface area contributed by atoms with Crippen molar-refractivity contribution in [1.29, 1.82) is 0 Å². The third kappa shape index (κ3) is 1.56. The molecule has 102 valence electrons. The van der Waals surface area contributed by atoms with E-state index >= 15 is 0 Å². The van der Waals surface area contributed by atoms with E-state index in [9.17, 15) is 4.79 Å². The van der Waals surface area contributed by atoms with Gasteiger partial charge in [-0.15, -0.1) is 0 Å². The Morgan fingerprint density at radius 1 is 1.35 bits per heavy atom. The van der Waals surface area contributed by atoms with Gasteiger partial charge in [0.15, 0.2) is 0 Å². The average molecular weight is 268 g/mol. The van der Waals surface area contributed by atoms with Crippen LogP contribution in [0, 0.1) is 0 Å².